The normalized spacial score (nSPS) is 19.4. The maximum Gasteiger partial charge on any atom is 0.233 e. The first kappa shape index (κ1) is 11.3. The van der Waals surface area contributed by atoms with Crippen molar-refractivity contribution in [2.75, 3.05) is 20.3 Å². The predicted molar refractivity (Wildman–Crippen MR) is 59.1 cm³/mol. The van der Waals surface area contributed by atoms with Gasteiger partial charge in [-0.1, -0.05) is 0 Å². The van der Waals surface area contributed by atoms with Crippen LogP contribution in [-0.4, -0.2) is 30.5 Å². The first-order valence-corrected chi connectivity index (χ1v) is 5.52. The van der Waals surface area contributed by atoms with Gasteiger partial charge in [-0.15, -0.1) is 5.10 Å². The molecule has 1 aromatic heterocycles. The van der Waals surface area contributed by atoms with E-state index in [1.54, 1.807) is 13.2 Å². The fourth-order valence-corrected chi connectivity index (χ4v) is 1.93. The predicted octanol–water partition coefficient (Wildman–Crippen LogP) is 0.912. The molecule has 5 nitrogen and oxygen atoms in total. The number of nitrogens with zero attached hydrogens (tertiary/aromatic N) is 2. The summed E-state index contributed by atoms with van der Waals surface area (Å²) in [6, 6.07) is 3.62. The first-order valence-electron chi connectivity index (χ1n) is 5.52. The van der Waals surface area contributed by atoms with E-state index >= 15 is 0 Å². The molecule has 0 amide bonds. The van der Waals surface area contributed by atoms with Gasteiger partial charge in [0.15, 0.2) is 0 Å². The minimum atomic E-state index is -0.0534. The Kier molecular flexibility index (Phi) is 3.69. The van der Waals surface area contributed by atoms with Crippen LogP contribution in [0.4, 0.5) is 0 Å². The Labute approximate surface area is 95.0 Å². The van der Waals surface area contributed by atoms with Crippen molar-refractivity contribution in [2.45, 2.75) is 18.9 Å². The van der Waals surface area contributed by atoms with E-state index in [0.717, 1.165) is 31.7 Å². The van der Waals surface area contributed by atoms with Crippen LogP contribution in [0.5, 0.6) is 5.88 Å². The molecule has 1 unspecified atom stereocenters. The Morgan fingerprint density at radius 3 is 2.69 bits per heavy atom. The summed E-state index contributed by atoms with van der Waals surface area (Å²) in [5, 5.41) is 8.01. The highest BCUT2D eigenvalue weighted by molar-refractivity contribution is 5.14. The minimum absolute atomic E-state index is 0.0534. The summed E-state index contributed by atoms with van der Waals surface area (Å²) in [7, 11) is 1.57. The van der Waals surface area contributed by atoms with Crippen molar-refractivity contribution in [2.24, 2.45) is 11.7 Å². The van der Waals surface area contributed by atoms with Crippen LogP contribution < -0.4 is 10.5 Å². The number of methoxy groups -OCH3 is 1. The van der Waals surface area contributed by atoms with Crippen molar-refractivity contribution in [3.05, 3.63) is 17.8 Å². The van der Waals surface area contributed by atoms with Crippen LogP contribution in [0.2, 0.25) is 0 Å². The smallest absolute Gasteiger partial charge is 0.233 e. The highest BCUT2D eigenvalue weighted by Crippen LogP contribution is 2.26. The third kappa shape index (κ3) is 2.48. The summed E-state index contributed by atoms with van der Waals surface area (Å²) in [4.78, 5) is 0. The number of hydrogen-bond acceptors (Lipinski definition) is 5. The average molecular weight is 223 g/mol. The molecule has 0 saturated carbocycles. The fraction of sp³-hybridized carbons (Fsp3) is 0.636. The van der Waals surface area contributed by atoms with Gasteiger partial charge in [0, 0.05) is 19.3 Å². The average Bonchev–Trinajstić information content (AvgIpc) is 2.39. The lowest BCUT2D eigenvalue weighted by molar-refractivity contribution is 0.0578. The highest BCUT2D eigenvalue weighted by atomic mass is 16.5. The maximum absolute atomic E-state index is 6.16. The number of ether oxygens (including phenoxy) is 2. The van der Waals surface area contributed by atoms with Gasteiger partial charge < -0.3 is 15.2 Å². The SMILES string of the molecule is COc1ccc(C(N)C2CCOCC2)nn1. The zero-order valence-corrected chi connectivity index (χ0v) is 9.43. The van der Waals surface area contributed by atoms with Crippen LogP contribution in [0.25, 0.3) is 0 Å². The van der Waals surface area contributed by atoms with Gasteiger partial charge in [-0.3, -0.25) is 0 Å². The Bertz CT molecular complexity index is 323. The number of hydrogen-bond donors (Lipinski definition) is 1. The molecule has 0 bridgehead atoms. The summed E-state index contributed by atoms with van der Waals surface area (Å²) in [6.45, 7) is 1.59. The van der Waals surface area contributed by atoms with E-state index in [1.807, 2.05) is 6.07 Å². The zero-order valence-electron chi connectivity index (χ0n) is 9.43. The second kappa shape index (κ2) is 5.23. The molecule has 0 radical (unpaired) electrons. The number of aromatic nitrogens is 2. The second-order valence-corrected chi connectivity index (χ2v) is 3.98. The third-order valence-electron chi connectivity index (χ3n) is 2.99. The van der Waals surface area contributed by atoms with Gasteiger partial charge in [0.25, 0.3) is 0 Å². The van der Waals surface area contributed by atoms with Gasteiger partial charge in [0.1, 0.15) is 0 Å². The molecule has 88 valence electrons. The monoisotopic (exact) mass is 223 g/mol. The van der Waals surface area contributed by atoms with Gasteiger partial charge in [-0.05, 0) is 24.8 Å². The van der Waals surface area contributed by atoms with E-state index < -0.39 is 0 Å². The Morgan fingerprint density at radius 2 is 2.12 bits per heavy atom. The van der Waals surface area contributed by atoms with Crippen molar-refractivity contribution in [1.29, 1.82) is 0 Å². The summed E-state index contributed by atoms with van der Waals surface area (Å²) in [6.07, 6.45) is 1.99. The van der Waals surface area contributed by atoms with E-state index in [1.165, 1.54) is 0 Å². The highest BCUT2D eigenvalue weighted by Gasteiger charge is 2.23. The summed E-state index contributed by atoms with van der Waals surface area (Å²) in [5.41, 5.74) is 6.99. The molecule has 1 saturated heterocycles. The number of nitrogens with two attached hydrogens (primary N) is 1. The topological polar surface area (TPSA) is 70.3 Å². The summed E-state index contributed by atoms with van der Waals surface area (Å²) in [5.74, 6) is 0.958. The van der Waals surface area contributed by atoms with E-state index in [0.29, 0.717) is 11.8 Å². The van der Waals surface area contributed by atoms with E-state index in [2.05, 4.69) is 10.2 Å². The molecule has 1 atom stereocenters. The Morgan fingerprint density at radius 1 is 1.38 bits per heavy atom. The fourth-order valence-electron chi connectivity index (χ4n) is 1.93. The summed E-state index contributed by atoms with van der Waals surface area (Å²) >= 11 is 0. The Hall–Kier alpha value is -1.20. The van der Waals surface area contributed by atoms with Gasteiger partial charge in [0.2, 0.25) is 5.88 Å². The van der Waals surface area contributed by atoms with Crippen LogP contribution in [-0.2, 0) is 4.74 Å². The lowest BCUT2D eigenvalue weighted by atomic mass is 9.90. The van der Waals surface area contributed by atoms with Crippen molar-refractivity contribution in [3.8, 4) is 5.88 Å². The van der Waals surface area contributed by atoms with Crippen LogP contribution in [0.15, 0.2) is 12.1 Å². The second-order valence-electron chi connectivity index (χ2n) is 3.98. The Balaban J connectivity index is 2.04. The van der Waals surface area contributed by atoms with E-state index in [-0.39, 0.29) is 6.04 Å². The standard InChI is InChI=1S/C11H17N3O2/c1-15-10-3-2-9(13-14-10)11(12)8-4-6-16-7-5-8/h2-3,8,11H,4-7,12H2,1H3. The largest absolute Gasteiger partial charge is 0.480 e. The molecule has 16 heavy (non-hydrogen) atoms. The third-order valence-corrected chi connectivity index (χ3v) is 2.99. The molecule has 2 N–H and O–H groups in total. The van der Waals surface area contributed by atoms with Crippen LogP contribution in [0, 0.1) is 5.92 Å². The van der Waals surface area contributed by atoms with Crippen molar-refractivity contribution < 1.29 is 9.47 Å². The van der Waals surface area contributed by atoms with Crippen LogP contribution in [0.3, 0.4) is 0 Å². The number of rotatable bonds is 3. The zero-order chi connectivity index (χ0) is 11.4. The van der Waals surface area contributed by atoms with E-state index in [9.17, 15) is 0 Å². The van der Waals surface area contributed by atoms with Gasteiger partial charge in [-0.25, -0.2) is 0 Å². The molecule has 1 fully saturated rings. The maximum atomic E-state index is 6.16. The first-order chi connectivity index (χ1) is 7.81. The van der Waals surface area contributed by atoms with E-state index in [4.69, 9.17) is 15.2 Å². The lowest BCUT2D eigenvalue weighted by Crippen LogP contribution is -2.28. The van der Waals surface area contributed by atoms with Crippen LogP contribution in [0.1, 0.15) is 24.6 Å². The molecule has 5 heteroatoms. The molecule has 0 spiro atoms. The molecule has 2 rings (SSSR count). The summed E-state index contributed by atoms with van der Waals surface area (Å²) < 4.78 is 10.3. The quantitative estimate of drug-likeness (QED) is 0.824. The van der Waals surface area contributed by atoms with Gasteiger partial charge in [-0.2, -0.15) is 5.10 Å². The van der Waals surface area contributed by atoms with Crippen LogP contribution >= 0.6 is 0 Å². The molecule has 0 aliphatic carbocycles. The van der Waals surface area contributed by atoms with Crippen molar-refractivity contribution >= 4 is 0 Å². The molecule has 2 heterocycles. The molecule has 1 aliphatic rings. The molecule has 1 aliphatic heterocycles. The molecule has 1 aromatic rings. The molecular weight excluding hydrogens is 206 g/mol. The molecule has 0 aromatic carbocycles. The lowest BCUT2D eigenvalue weighted by Gasteiger charge is -2.26. The molecular formula is C11H17N3O2. The van der Waals surface area contributed by atoms with Gasteiger partial charge >= 0.3 is 0 Å². The van der Waals surface area contributed by atoms with Crippen molar-refractivity contribution in [3.63, 3.8) is 0 Å². The van der Waals surface area contributed by atoms with Crippen molar-refractivity contribution in [1.82, 2.24) is 10.2 Å². The van der Waals surface area contributed by atoms with Gasteiger partial charge in [0.05, 0.1) is 18.8 Å². The minimum Gasteiger partial charge on any atom is -0.480 e.